The fraction of sp³-hybridized carbons (Fsp3) is 0.900. The average Bonchev–Trinajstić information content (AvgIpc) is 2.19. The summed E-state index contributed by atoms with van der Waals surface area (Å²) >= 11 is 0. The second-order valence-corrected chi connectivity index (χ2v) is 2.60. The third-order valence-electron chi connectivity index (χ3n) is 1.50. The van der Waals surface area contributed by atoms with Gasteiger partial charge in [0.05, 0.1) is 0 Å². The van der Waals surface area contributed by atoms with E-state index in [9.17, 15) is 4.79 Å². The largest absolute Gasteiger partial charge is 0.303 e. The van der Waals surface area contributed by atoms with Crippen LogP contribution in [0.4, 0.5) is 0 Å². The van der Waals surface area contributed by atoms with Crippen LogP contribution in [0.2, 0.25) is 0 Å². The fourth-order valence-corrected chi connectivity index (χ4v) is 0.883. The molecule has 0 fully saturated rings. The maximum Gasteiger partial charge on any atom is 0.119 e. The smallest absolute Gasteiger partial charge is 0.119 e. The topological polar surface area (TPSA) is 17.1 Å². The van der Waals surface area contributed by atoms with Gasteiger partial charge in [0.1, 0.15) is 6.29 Å². The molecule has 0 aliphatic heterocycles. The molecule has 1 nitrogen and oxygen atoms in total. The Bertz CT molecular complexity index is 242. The molecule has 0 atom stereocenters. The number of aldehydes is 1. The van der Waals surface area contributed by atoms with E-state index in [0.29, 0.717) is 19.3 Å². The lowest BCUT2D eigenvalue weighted by Gasteiger charge is -2.02. The van der Waals surface area contributed by atoms with Crippen molar-refractivity contribution < 1.29 is 14.4 Å². The Morgan fingerprint density at radius 3 is 2.73 bits per heavy atom. The molecule has 0 unspecified atom stereocenters. The van der Waals surface area contributed by atoms with Crippen molar-refractivity contribution in [1.82, 2.24) is 0 Å². The highest BCUT2D eigenvalue weighted by molar-refractivity contribution is 5.48. The van der Waals surface area contributed by atoms with Crippen molar-refractivity contribution in [2.75, 3.05) is 0 Å². The van der Waals surface area contributed by atoms with Gasteiger partial charge in [0, 0.05) is 16.0 Å². The average molecular weight is 163 g/mol. The normalized spacial score (nSPS) is 23.1. The van der Waals surface area contributed by atoms with Crippen LogP contribution in [0.1, 0.15) is 61.8 Å². The quantitative estimate of drug-likeness (QED) is 0.416. The van der Waals surface area contributed by atoms with Crippen molar-refractivity contribution in [2.24, 2.45) is 5.89 Å². The summed E-state index contributed by atoms with van der Waals surface area (Å²) in [5, 5.41) is 0. The van der Waals surface area contributed by atoms with Gasteiger partial charge in [0.25, 0.3) is 0 Å². The van der Waals surface area contributed by atoms with Gasteiger partial charge in [-0.2, -0.15) is 0 Å². The molecular formula is C10H20O. The SMILES string of the molecule is [2H]C([2H])([2H])C([2H])(CCCCCCC=O)C([2H])([2H])[2H]. The predicted molar refractivity (Wildman–Crippen MR) is 48.6 cm³/mol. The van der Waals surface area contributed by atoms with E-state index in [4.69, 9.17) is 9.60 Å². The molecule has 0 N–H and O–H groups in total. The summed E-state index contributed by atoms with van der Waals surface area (Å²) in [5.41, 5.74) is 0. The Labute approximate surface area is 80.0 Å². The van der Waals surface area contributed by atoms with Gasteiger partial charge in [-0.1, -0.05) is 39.4 Å². The molecule has 0 saturated heterocycles. The molecule has 1 heteroatoms. The first-order valence-corrected chi connectivity index (χ1v) is 4.00. The summed E-state index contributed by atoms with van der Waals surface area (Å²) in [7, 11) is 0. The molecule has 0 spiro atoms. The van der Waals surface area contributed by atoms with Crippen LogP contribution in [0.5, 0.6) is 0 Å². The van der Waals surface area contributed by atoms with Gasteiger partial charge >= 0.3 is 0 Å². The third-order valence-corrected chi connectivity index (χ3v) is 1.50. The Kier molecular flexibility index (Phi) is 2.54. The van der Waals surface area contributed by atoms with E-state index in [0.717, 1.165) is 19.1 Å². The molecule has 0 heterocycles. The van der Waals surface area contributed by atoms with Gasteiger partial charge in [0.2, 0.25) is 0 Å². The van der Waals surface area contributed by atoms with Gasteiger partial charge in [-0.05, 0) is 12.3 Å². The lowest BCUT2D eigenvalue weighted by molar-refractivity contribution is -0.107. The summed E-state index contributed by atoms with van der Waals surface area (Å²) in [6.07, 6.45) is 3.58. The van der Waals surface area contributed by atoms with E-state index >= 15 is 0 Å². The zero-order valence-corrected chi connectivity index (χ0v) is 6.73. The molecule has 0 rings (SSSR count). The van der Waals surface area contributed by atoms with Gasteiger partial charge in [-0.15, -0.1) is 0 Å². The maximum absolute atomic E-state index is 10.1. The van der Waals surface area contributed by atoms with E-state index in [2.05, 4.69) is 0 Å². The number of hydrogen-bond donors (Lipinski definition) is 0. The Morgan fingerprint density at radius 1 is 1.36 bits per heavy atom. The Hall–Kier alpha value is -0.330. The number of carbonyl (C=O) groups is 1. The van der Waals surface area contributed by atoms with Gasteiger partial charge in [0.15, 0.2) is 0 Å². The highest BCUT2D eigenvalue weighted by Gasteiger charge is 1.93. The van der Waals surface area contributed by atoms with Crippen molar-refractivity contribution in [3.63, 3.8) is 0 Å². The number of hydrogen-bond acceptors (Lipinski definition) is 1. The summed E-state index contributed by atoms with van der Waals surface area (Å²) in [6, 6.07) is 0. The second kappa shape index (κ2) is 7.77. The van der Waals surface area contributed by atoms with Gasteiger partial charge in [-0.25, -0.2) is 0 Å². The Balaban J connectivity index is 4.34. The number of carbonyl (C=O) groups excluding carboxylic acids is 1. The van der Waals surface area contributed by atoms with E-state index in [-0.39, 0.29) is 6.42 Å². The van der Waals surface area contributed by atoms with Crippen LogP contribution in [-0.4, -0.2) is 6.29 Å². The molecule has 0 aromatic rings. The molecule has 66 valence electrons. The van der Waals surface area contributed by atoms with E-state index < -0.39 is 19.6 Å². The lowest BCUT2D eigenvalue weighted by atomic mass is 10.0. The van der Waals surface area contributed by atoms with Crippen LogP contribution >= 0.6 is 0 Å². The van der Waals surface area contributed by atoms with E-state index in [1.807, 2.05) is 0 Å². The summed E-state index contributed by atoms with van der Waals surface area (Å²) in [4.78, 5) is 10.1. The molecule has 0 amide bonds. The van der Waals surface area contributed by atoms with Crippen molar-refractivity contribution in [3.05, 3.63) is 0 Å². The minimum absolute atomic E-state index is 0.179. The monoisotopic (exact) mass is 163 g/mol. The van der Waals surface area contributed by atoms with Crippen LogP contribution in [0.3, 0.4) is 0 Å². The fourth-order valence-electron chi connectivity index (χ4n) is 0.883. The predicted octanol–water partition coefficient (Wildman–Crippen LogP) is 3.18. The Morgan fingerprint density at radius 2 is 2.09 bits per heavy atom. The first-order chi connectivity index (χ1) is 8.06. The molecule has 0 saturated carbocycles. The van der Waals surface area contributed by atoms with Crippen molar-refractivity contribution in [1.29, 1.82) is 0 Å². The molecule has 0 aliphatic rings. The lowest BCUT2D eigenvalue weighted by Crippen LogP contribution is -1.87. The minimum Gasteiger partial charge on any atom is -0.303 e. The van der Waals surface area contributed by atoms with Crippen LogP contribution < -0.4 is 0 Å². The van der Waals surface area contributed by atoms with Crippen molar-refractivity contribution >= 4 is 6.29 Å². The first kappa shape index (κ1) is 3.59. The first-order valence-electron chi connectivity index (χ1n) is 7.50. The molecule has 0 radical (unpaired) electrons. The van der Waals surface area contributed by atoms with Crippen LogP contribution in [0.25, 0.3) is 0 Å². The van der Waals surface area contributed by atoms with Crippen LogP contribution in [0.15, 0.2) is 0 Å². The maximum atomic E-state index is 10.1. The van der Waals surface area contributed by atoms with E-state index in [1.54, 1.807) is 0 Å². The highest BCUT2D eigenvalue weighted by atomic mass is 16.1. The number of unbranched alkanes of at least 4 members (excludes halogenated alkanes) is 4. The molecule has 0 bridgehead atoms. The standard InChI is InChI=1S/C10H20O/c1-10(2)8-6-4-3-5-7-9-11/h9-10H,3-8H2,1-2H3/i1D3,2D3,10D. The van der Waals surface area contributed by atoms with Gasteiger partial charge in [-0.3, -0.25) is 0 Å². The van der Waals surface area contributed by atoms with Crippen LogP contribution in [-0.2, 0) is 4.79 Å². The van der Waals surface area contributed by atoms with Gasteiger partial charge < -0.3 is 4.79 Å². The molecule has 0 aromatic heterocycles. The molecule has 11 heavy (non-hydrogen) atoms. The number of rotatable bonds is 7. The molecule has 0 aliphatic carbocycles. The van der Waals surface area contributed by atoms with Crippen molar-refractivity contribution in [3.8, 4) is 0 Å². The zero-order chi connectivity index (χ0) is 14.4. The summed E-state index contributed by atoms with van der Waals surface area (Å²) in [6.45, 7) is -5.64. The third kappa shape index (κ3) is 9.67. The molecule has 0 aromatic carbocycles. The highest BCUT2D eigenvalue weighted by Crippen LogP contribution is 2.09. The van der Waals surface area contributed by atoms with Crippen molar-refractivity contribution in [2.45, 2.75) is 52.2 Å². The van der Waals surface area contributed by atoms with Crippen LogP contribution in [0, 0.1) is 5.89 Å². The summed E-state index contributed by atoms with van der Waals surface area (Å²) < 4.78 is 51.1. The molecular weight excluding hydrogens is 136 g/mol. The zero-order valence-electron chi connectivity index (χ0n) is 13.7. The van der Waals surface area contributed by atoms with E-state index in [1.165, 1.54) is 0 Å². The summed E-state index contributed by atoms with van der Waals surface area (Å²) in [5.74, 6) is -2.40. The second-order valence-electron chi connectivity index (χ2n) is 2.60. The minimum atomic E-state index is -2.82.